The van der Waals surface area contributed by atoms with Crippen molar-refractivity contribution in [1.82, 2.24) is 0 Å². The van der Waals surface area contributed by atoms with E-state index in [4.69, 9.17) is 4.74 Å². The number of benzene rings is 2. The largest absolute Gasteiger partial charge is 0.412 e. The number of hydrogen-bond acceptors (Lipinski definition) is 1. The predicted molar refractivity (Wildman–Crippen MR) is 145 cm³/mol. The smallest absolute Gasteiger partial charge is 0.378 e. The first-order valence-electron chi connectivity index (χ1n) is 14.6. The molecule has 3 aliphatic rings. The molecule has 5 rings (SSSR count). The highest BCUT2D eigenvalue weighted by atomic mass is 19.4. The van der Waals surface area contributed by atoms with Gasteiger partial charge in [0, 0.05) is 18.1 Å². The van der Waals surface area contributed by atoms with E-state index in [-0.39, 0.29) is 17.8 Å². The quantitative estimate of drug-likeness (QED) is 0.339. The van der Waals surface area contributed by atoms with Crippen LogP contribution < -0.4 is 0 Å². The van der Waals surface area contributed by atoms with E-state index < -0.39 is 17.9 Å². The summed E-state index contributed by atoms with van der Waals surface area (Å²) in [5.74, 6) is -0.0653. The van der Waals surface area contributed by atoms with Crippen LogP contribution in [0.3, 0.4) is 0 Å². The topological polar surface area (TPSA) is 9.23 Å². The van der Waals surface area contributed by atoms with Gasteiger partial charge in [0.15, 0.2) is 0 Å². The standard InChI is InChI=1S/C33H39F5O/c1-21-2-17-32(39-20-21)27-13-7-24(8-14-27)28-15-16-29(30(34)18-28)25-9-3-22(4-10-25)23-5-11-26(12-6-23)31(35)19-33(36,37)38/h3-4,9-10,15-16,18-19,21,23-24,26-27,32H,2,5-8,11-14,17,20H2,1H3/b31-19-. The first-order chi connectivity index (χ1) is 18.7. The molecule has 0 spiro atoms. The van der Waals surface area contributed by atoms with Crippen molar-refractivity contribution >= 4 is 0 Å². The summed E-state index contributed by atoms with van der Waals surface area (Å²) in [6, 6.07) is 13.5. The Morgan fingerprint density at radius 1 is 0.795 bits per heavy atom. The summed E-state index contributed by atoms with van der Waals surface area (Å²) >= 11 is 0. The van der Waals surface area contributed by atoms with Gasteiger partial charge in [-0.15, -0.1) is 0 Å². The monoisotopic (exact) mass is 546 g/mol. The van der Waals surface area contributed by atoms with Gasteiger partial charge in [0.2, 0.25) is 0 Å². The van der Waals surface area contributed by atoms with E-state index >= 15 is 4.39 Å². The van der Waals surface area contributed by atoms with Crippen LogP contribution in [-0.2, 0) is 4.74 Å². The molecular formula is C33H39F5O. The molecule has 0 bridgehead atoms. The van der Waals surface area contributed by atoms with Crippen molar-refractivity contribution in [2.45, 2.75) is 95.2 Å². The number of alkyl halides is 3. The van der Waals surface area contributed by atoms with Crippen LogP contribution in [0.2, 0.25) is 0 Å². The molecule has 0 amide bonds. The van der Waals surface area contributed by atoms with Crippen molar-refractivity contribution in [2.75, 3.05) is 6.61 Å². The van der Waals surface area contributed by atoms with Gasteiger partial charge >= 0.3 is 6.18 Å². The maximum Gasteiger partial charge on any atom is 0.412 e. The Bertz CT molecular complexity index is 1110. The molecule has 0 aromatic heterocycles. The lowest BCUT2D eigenvalue weighted by Gasteiger charge is -2.37. The maximum absolute atomic E-state index is 15.2. The van der Waals surface area contributed by atoms with Gasteiger partial charge in [0.25, 0.3) is 0 Å². The predicted octanol–water partition coefficient (Wildman–Crippen LogP) is 10.3. The van der Waals surface area contributed by atoms with Crippen molar-refractivity contribution in [2.24, 2.45) is 17.8 Å². The zero-order chi connectivity index (χ0) is 27.6. The normalized spacial score (nSPS) is 30.8. The van der Waals surface area contributed by atoms with E-state index in [0.717, 1.165) is 55.4 Å². The minimum absolute atomic E-state index is 0.179. The van der Waals surface area contributed by atoms with Gasteiger partial charge in [0.1, 0.15) is 11.6 Å². The molecule has 212 valence electrons. The molecule has 1 nitrogen and oxygen atoms in total. The first-order valence-corrected chi connectivity index (χ1v) is 14.6. The van der Waals surface area contributed by atoms with E-state index in [0.29, 0.717) is 55.1 Å². The molecule has 3 fully saturated rings. The van der Waals surface area contributed by atoms with Crippen molar-refractivity contribution in [3.05, 3.63) is 71.3 Å². The highest BCUT2D eigenvalue weighted by Crippen LogP contribution is 2.42. The summed E-state index contributed by atoms with van der Waals surface area (Å²) in [4.78, 5) is 0. The van der Waals surface area contributed by atoms with Crippen molar-refractivity contribution in [3.63, 3.8) is 0 Å². The Morgan fingerprint density at radius 2 is 1.41 bits per heavy atom. The highest BCUT2D eigenvalue weighted by molar-refractivity contribution is 5.65. The Kier molecular flexibility index (Phi) is 8.80. The van der Waals surface area contributed by atoms with Gasteiger partial charge in [-0.25, -0.2) is 8.78 Å². The molecule has 2 saturated carbocycles. The van der Waals surface area contributed by atoms with Crippen LogP contribution in [0.1, 0.15) is 94.1 Å². The van der Waals surface area contributed by atoms with Gasteiger partial charge in [-0.2, -0.15) is 13.2 Å². The zero-order valence-electron chi connectivity index (χ0n) is 22.7. The van der Waals surface area contributed by atoms with Crippen LogP contribution in [0, 0.1) is 23.6 Å². The van der Waals surface area contributed by atoms with Gasteiger partial charge in [0.05, 0.1) is 12.2 Å². The molecule has 39 heavy (non-hydrogen) atoms. The summed E-state index contributed by atoms with van der Waals surface area (Å²) in [6.45, 7) is 3.13. The van der Waals surface area contributed by atoms with E-state index in [1.807, 2.05) is 30.3 Å². The van der Waals surface area contributed by atoms with E-state index in [1.54, 1.807) is 6.07 Å². The molecule has 2 atom stereocenters. The third kappa shape index (κ3) is 7.11. The molecule has 2 unspecified atom stereocenters. The van der Waals surface area contributed by atoms with Crippen molar-refractivity contribution in [1.29, 1.82) is 0 Å². The van der Waals surface area contributed by atoms with E-state index in [2.05, 4.69) is 13.0 Å². The van der Waals surface area contributed by atoms with Crippen LogP contribution >= 0.6 is 0 Å². The summed E-state index contributed by atoms with van der Waals surface area (Å²) in [5, 5.41) is 0. The van der Waals surface area contributed by atoms with Crippen LogP contribution in [0.5, 0.6) is 0 Å². The lowest BCUT2D eigenvalue weighted by molar-refractivity contribution is -0.0820. The van der Waals surface area contributed by atoms with Gasteiger partial charge < -0.3 is 4.74 Å². The number of rotatable bonds is 5. The average Bonchev–Trinajstić information content (AvgIpc) is 2.93. The van der Waals surface area contributed by atoms with E-state index in [9.17, 15) is 17.6 Å². The number of allylic oxidation sites excluding steroid dienone is 2. The summed E-state index contributed by atoms with van der Waals surface area (Å²) < 4.78 is 72.7. The van der Waals surface area contributed by atoms with Crippen LogP contribution in [-0.4, -0.2) is 18.9 Å². The SMILES string of the molecule is CC1CCC(C2CCC(c3ccc(-c4ccc(C5CCC(/C(F)=C/C(F)(F)F)CC5)cc4)c(F)c3)CC2)OC1. The second-order valence-electron chi connectivity index (χ2n) is 12.1. The van der Waals surface area contributed by atoms with Gasteiger partial charge in [-0.05, 0) is 111 Å². The Balaban J connectivity index is 1.16. The van der Waals surface area contributed by atoms with Crippen molar-refractivity contribution < 1.29 is 26.7 Å². The second kappa shape index (κ2) is 12.1. The third-order valence-electron chi connectivity index (χ3n) is 9.41. The molecule has 2 aliphatic carbocycles. The van der Waals surface area contributed by atoms with Gasteiger partial charge in [-0.3, -0.25) is 0 Å². The third-order valence-corrected chi connectivity index (χ3v) is 9.41. The minimum atomic E-state index is -4.62. The van der Waals surface area contributed by atoms with Gasteiger partial charge in [-0.1, -0.05) is 43.3 Å². The number of ether oxygens (including phenoxy) is 1. The Morgan fingerprint density at radius 3 is 2.00 bits per heavy atom. The first kappa shape index (κ1) is 28.3. The highest BCUT2D eigenvalue weighted by Gasteiger charge is 2.32. The van der Waals surface area contributed by atoms with Crippen LogP contribution in [0.25, 0.3) is 11.1 Å². The second-order valence-corrected chi connectivity index (χ2v) is 12.1. The fourth-order valence-corrected chi connectivity index (χ4v) is 7.03. The Labute approximate surface area is 228 Å². The molecule has 0 N–H and O–H groups in total. The fourth-order valence-electron chi connectivity index (χ4n) is 7.03. The molecule has 1 heterocycles. The summed E-state index contributed by atoms with van der Waals surface area (Å²) in [7, 11) is 0. The average molecular weight is 547 g/mol. The maximum atomic E-state index is 15.2. The summed E-state index contributed by atoms with van der Waals surface area (Å²) in [5.41, 5.74) is 3.53. The Hall–Kier alpha value is -2.21. The molecular weight excluding hydrogens is 507 g/mol. The molecule has 6 heteroatoms. The molecule has 1 aliphatic heterocycles. The van der Waals surface area contributed by atoms with Crippen LogP contribution in [0.15, 0.2) is 54.4 Å². The van der Waals surface area contributed by atoms with Crippen LogP contribution in [0.4, 0.5) is 22.0 Å². The minimum Gasteiger partial charge on any atom is -0.378 e. The molecule has 2 aromatic rings. The van der Waals surface area contributed by atoms with Crippen molar-refractivity contribution in [3.8, 4) is 11.1 Å². The number of halogens is 5. The zero-order valence-corrected chi connectivity index (χ0v) is 22.7. The van der Waals surface area contributed by atoms with E-state index in [1.165, 1.54) is 6.42 Å². The number of hydrogen-bond donors (Lipinski definition) is 0. The lowest BCUT2D eigenvalue weighted by Crippen LogP contribution is -2.33. The molecule has 2 aromatic carbocycles. The molecule has 0 radical (unpaired) electrons. The molecule has 1 saturated heterocycles. The fraction of sp³-hybridized carbons (Fsp3) is 0.576. The summed E-state index contributed by atoms with van der Waals surface area (Å²) in [6.07, 6.45) is 4.50. The lowest BCUT2D eigenvalue weighted by atomic mass is 9.75.